The standard InChI is InChI=1S/C12H9ClFN5O/c1-20-7-3-2-6(14)8(9(7)13)10-5(4-15)11(16)19-12(17)18-10/h2-3H,1H3,(H4,16,17,18,19). The molecule has 2 rings (SSSR count). The first kappa shape index (κ1) is 13.8. The van der Waals surface area contributed by atoms with Crippen LogP contribution in [-0.4, -0.2) is 17.1 Å². The molecular formula is C12H9ClFN5O. The summed E-state index contributed by atoms with van der Waals surface area (Å²) in [6, 6.07) is 4.32. The number of nitriles is 1. The zero-order chi connectivity index (χ0) is 14.9. The Kier molecular flexibility index (Phi) is 3.59. The van der Waals surface area contributed by atoms with E-state index in [1.165, 1.54) is 13.2 Å². The van der Waals surface area contributed by atoms with E-state index in [0.29, 0.717) is 0 Å². The molecule has 0 saturated heterocycles. The lowest BCUT2D eigenvalue weighted by atomic mass is 10.1. The number of methoxy groups -OCH3 is 1. The van der Waals surface area contributed by atoms with E-state index >= 15 is 0 Å². The van der Waals surface area contributed by atoms with Crippen LogP contribution in [0.1, 0.15) is 5.56 Å². The molecule has 1 heterocycles. The van der Waals surface area contributed by atoms with E-state index in [4.69, 9.17) is 33.1 Å². The summed E-state index contributed by atoms with van der Waals surface area (Å²) in [5.41, 5.74) is 10.8. The zero-order valence-electron chi connectivity index (χ0n) is 10.3. The Hall–Kier alpha value is -2.59. The van der Waals surface area contributed by atoms with Gasteiger partial charge in [0.2, 0.25) is 5.95 Å². The fraction of sp³-hybridized carbons (Fsp3) is 0.0833. The molecule has 0 aliphatic carbocycles. The minimum atomic E-state index is -0.676. The van der Waals surface area contributed by atoms with Crippen LogP contribution in [0.5, 0.6) is 5.75 Å². The molecular weight excluding hydrogens is 285 g/mol. The Morgan fingerprint density at radius 2 is 2.05 bits per heavy atom. The van der Waals surface area contributed by atoms with E-state index in [1.807, 2.05) is 6.07 Å². The topological polar surface area (TPSA) is 111 Å². The normalized spacial score (nSPS) is 10.1. The SMILES string of the molecule is COc1ccc(F)c(-c2nc(N)nc(N)c2C#N)c1Cl. The van der Waals surface area contributed by atoms with Gasteiger partial charge in [-0.05, 0) is 12.1 Å². The Morgan fingerprint density at radius 3 is 2.65 bits per heavy atom. The Labute approximate surface area is 118 Å². The van der Waals surface area contributed by atoms with E-state index in [0.717, 1.165) is 6.07 Å². The number of hydrogen-bond donors (Lipinski definition) is 2. The molecule has 6 nitrogen and oxygen atoms in total. The van der Waals surface area contributed by atoms with Crippen molar-refractivity contribution in [2.45, 2.75) is 0 Å². The highest BCUT2D eigenvalue weighted by Crippen LogP contribution is 2.38. The highest BCUT2D eigenvalue weighted by Gasteiger charge is 2.21. The van der Waals surface area contributed by atoms with Crippen molar-refractivity contribution in [1.29, 1.82) is 5.26 Å². The predicted octanol–water partition coefficient (Wildman–Crippen LogP) is 1.98. The third-order valence-electron chi connectivity index (χ3n) is 2.58. The van der Waals surface area contributed by atoms with E-state index in [9.17, 15) is 4.39 Å². The van der Waals surface area contributed by atoms with Gasteiger partial charge < -0.3 is 16.2 Å². The van der Waals surface area contributed by atoms with E-state index in [1.54, 1.807) is 0 Å². The Balaban J connectivity index is 2.85. The van der Waals surface area contributed by atoms with Crippen LogP contribution in [0.25, 0.3) is 11.3 Å². The van der Waals surface area contributed by atoms with Gasteiger partial charge in [0, 0.05) is 0 Å². The van der Waals surface area contributed by atoms with Crippen LogP contribution in [0.3, 0.4) is 0 Å². The number of benzene rings is 1. The number of anilines is 2. The number of ether oxygens (including phenoxy) is 1. The van der Waals surface area contributed by atoms with Crippen LogP contribution < -0.4 is 16.2 Å². The maximum absolute atomic E-state index is 14.0. The molecule has 0 bridgehead atoms. The summed E-state index contributed by atoms with van der Waals surface area (Å²) in [5, 5.41) is 9.09. The highest BCUT2D eigenvalue weighted by molar-refractivity contribution is 6.34. The average Bonchev–Trinajstić information content (AvgIpc) is 2.38. The summed E-state index contributed by atoms with van der Waals surface area (Å²) in [4.78, 5) is 7.51. The van der Waals surface area contributed by atoms with Crippen LogP contribution in [0.4, 0.5) is 16.2 Å². The van der Waals surface area contributed by atoms with Gasteiger partial charge in [0.15, 0.2) is 0 Å². The molecule has 1 aromatic heterocycles. The number of hydrogen-bond acceptors (Lipinski definition) is 6. The lowest BCUT2D eigenvalue weighted by Crippen LogP contribution is -2.06. The highest BCUT2D eigenvalue weighted by atomic mass is 35.5. The van der Waals surface area contributed by atoms with Gasteiger partial charge in [0.05, 0.1) is 17.7 Å². The smallest absolute Gasteiger partial charge is 0.222 e. The average molecular weight is 294 g/mol. The largest absolute Gasteiger partial charge is 0.495 e. The van der Waals surface area contributed by atoms with Gasteiger partial charge in [-0.25, -0.2) is 9.37 Å². The molecule has 0 atom stereocenters. The van der Waals surface area contributed by atoms with Crippen molar-refractivity contribution < 1.29 is 9.13 Å². The molecule has 20 heavy (non-hydrogen) atoms. The van der Waals surface area contributed by atoms with Gasteiger partial charge in [-0.3, -0.25) is 0 Å². The quantitative estimate of drug-likeness (QED) is 0.876. The van der Waals surface area contributed by atoms with E-state index < -0.39 is 5.82 Å². The van der Waals surface area contributed by atoms with Crippen molar-refractivity contribution in [2.75, 3.05) is 18.6 Å². The first-order valence-electron chi connectivity index (χ1n) is 5.35. The number of rotatable bonds is 2. The van der Waals surface area contributed by atoms with Gasteiger partial charge in [0.1, 0.15) is 34.7 Å². The van der Waals surface area contributed by atoms with Crippen molar-refractivity contribution in [3.8, 4) is 23.1 Å². The lowest BCUT2D eigenvalue weighted by Gasteiger charge is -2.11. The molecule has 102 valence electrons. The van der Waals surface area contributed by atoms with Crippen LogP contribution in [-0.2, 0) is 0 Å². The molecule has 1 aromatic carbocycles. The summed E-state index contributed by atoms with van der Waals surface area (Å²) >= 11 is 6.07. The Morgan fingerprint density at radius 1 is 1.35 bits per heavy atom. The van der Waals surface area contributed by atoms with E-state index in [-0.39, 0.29) is 39.4 Å². The van der Waals surface area contributed by atoms with Crippen molar-refractivity contribution in [1.82, 2.24) is 9.97 Å². The molecule has 0 fully saturated rings. The summed E-state index contributed by atoms with van der Waals surface area (Å²) in [7, 11) is 1.39. The molecule has 0 unspecified atom stereocenters. The van der Waals surface area contributed by atoms with Crippen LogP contribution in [0, 0.1) is 17.1 Å². The maximum Gasteiger partial charge on any atom is 0.222 e. The molecule has 4 N–H and O–H groups in total. The molecule has 0 spiro atoms. The third kappa shape index (κ3) is 2.17. The molecule has 8 heteroatoms. The van der Waals surface area contributed by atoms with Gasteiger partial charge in [-0.15, -0.1) is 0 Å². The molecule has 2 aromatic rings. The van der Waals surface area contributed by atoms with Gasteiger partial charge in [-0.2, -0.15) is 10.2 Å². The molecule has 0 aliphatic rings. The van der Waals surface area contributed by atoms with Crippen molar-refractivity contribution in [3.05, 3.63) is 28.5 Å². The number of halogens is 2. The van der Waals surface area contributed by atoms with Crippen molar-refractivity contribution >= 4 is 23.4 Å². The summed E-state index contributed by atoms with van der Waals surface area (Å²) in [6.45, 7) is 0. The number of nitrogens with two attached hydrogens (primary N) is 2. The van der Waals surface area contributed by atoms with E-state index in [2.05, 4.69) is 9.97 Å². The maximum atomic E-state index is 14.0. The fourth-order valence-corrected chi connectivity index (χ4v) is 2.02. The fourth-order valence-electron chi connectivity index (χ4n) is 1.70. The number of nitrogens with zero attached hydrogens (tertiary/aromatic N) is 3. The minimum absolute atomic E-state index is 0.0264. The predicted molar refractivity (Wildman–Crippen MR) is 72.5 cm³/mol. The van der Waals surface area contributed by atoms with Crippen LogP contribution in [0.15, 0.2) is 12.1 Å². The summed E-state index contributed by atoms with van der Waals surface area (Å²) in [6.07, 6.45) is 0. The summed E-state index contributed by atoms with van der Waals surface area (Å²) < 4.78 is 19.0. The molecule has 0 radical (unpaired) electrons. The first-order valence-corrected chi connectivity index (χ1v) is 5.72. The van der Waals surface area contributed by atoms with Gasteiger partial charge in [-0.1, -0.05) is 11.6 Å². The van der Waals surface area contributed by atoms with Gasteiger partial charge in [0.25, 0.3) is 0 Å². The van der Waals surface area contributed by atoms with Gasteiger partial charge >= 0.3 is 0 Å². The third-order valence-corrected chi connectivity index (χ3v) is 2.95. The zero-order valence-corrected chi connectivity index (χ0v) is 11.1. The van der Waals surface area contributed by atoms with Crippen LogP contribution >= 0.6 is 11.6 Å². The molecule has 0 aliphatic heterocycles. The molecule has 0 amide bonds. The molecule has 0 saturated carbocycles. The van der Waals surface area contributed by atoms with Crippen LogP contribution in [0.2, 0.25) is 5.02 Å². The number of aromatic nitrogens is 2. The monoisotopic (exact) mass is 293 g/mol. The second-order valence-corrected chi connectivity index (χ2v) is 4.12. The minimum Gasteiger partial charge on any atom is -0.495 e. The van der Waals surface area contributed by atoms with Crippen molar-refractivity contribution in [3.63, 3.8) is 0 Å². The summed E-state index contributed by atoms with van der Waals surface area (Å²) in [5.74, 6) is -0.768. The van der Waals surface area contributed by atoms with Crippen molar-refractivity contribution in [2.24, 2.45) is 0 Å². The second kappa shape index (κ2) is 5.19. The number of nitrogen functional groups attached to an aromatic ring is 2. The Bertz CT molecular complexity index is 729. The lowest BCUT2D eigenvalue weighted by molar-refractivity contribution is 0.414. The first-order chi connectivity index (χ1) is 9.49. The second-order valence-electron chi connectivity index (χ2n) is 3.74.